The van der Waals surface area contributed by atoms with Crippen molar-refractivity contribution in [1.29, 1.82) is 0 Å². The molecule has 3 aromatic rings. The van der Waals surface area contributed by atoms with Crippen molar-refractivity contribution in [3.05, 3.63) is 54.1 Å². The van der Waals surface area contributed by atoms with E-state index in [1.165, 1.54) is 18.0 Å². The molecule has 7 nitrogen and oxygen atoms in total. The third kappa shape index (κ3) is 5.86. The van der Waals surface area contributed by atoms with E-state index < -0.39 is 0 Å². The number of aromatic nitrogens is 3. The number of hydrogen-bond acceptors (Lipinski definition) is 6. The number of benzene rings is 2. The number of nitrogens with one attached hydrogen (secondary N) is 1. The van der Waals surface area contributed by atoms with Crippen LogP contribution in [0.3, 0.4) is 0 Å². The number of phenolic OH excluding ortho intramolecular Hbond substituents is 1. The predicted octanol–water partition coefficient (Wildman–Crippen LogP) is 4.78. The molecule has 1 heterocycles. The number of rotatable bonds is 7. The molecule has 0 fully saturated rings. The lowest BCUT2D eigenvalue weighted by Gasteiger charge is -2.07. The van der Waals surface area contributed by atoms with E-state index in [4.69, 9.17) is 11.6 Å². The van der Waals surface area contributed by atoms with Gasteiger partial charge < -0.3 is 9.67 Å². The van der Waals surface area contributed by atoms with Crippen molar-refractivity contribution in [2.24, 2.45) is 5.10 Å². The van der Waals surface area contributed by atoms with Crippen LogP contribution in [0, 0.1) is 7.14 Å². The Labute approximate surface area is 210 Å². The van der Waals surface area contributed by atoms with Crippen LogP contribution in [-0.4, -0.2) is 37.7 Å². The van der Waals surface area contributed by atoms with Crippen molar-refractivity contribution in [3.63, 3.8) is 0 Å². The van der Waals surface area contributed by atoms with E-state index in [0.29, 0.717) is 22.3 Å². The Hall–Kier alpha value is -1.38. The van der Waals surface area contributed by atoms with Gasteiger partial charge >= 0.3 is 0 Å². The van der Waals surface area contributed by atoms with Gasteiger partial charge in [-0.2, -0.15) is 5.10 Å². The van der Waals surface area contributed by atoms with Gasteiger partial charge in [-0.25, -0.2) is 5.43 Å². The number of carbonyl (C=O) groups is 1. The first-order valence-corrected chi connectivity index (χ1v) is 12.2. The van der Waals surface area contributed by atoms with E-state index in [9.17, 15) is 9.90 Å². The number of phenols is 1. The number of amides is 1. The molecule has 0 atom stereocenters. The van der Waals surface area contributed by atoms with Gasteiger partial charge in [0.1, 0.15) is 5.75 Å². The highest BCUT2D eigenvalue weighted by atomic mass is 127. The standard InChI is InChI=1S/C19H16ClI2N5O2S/c1-2-27-18(11-3-5-13(20)6-4-11)25-26-19(27)30-10-16(28)24-23-9-12-7-14(21)8-15(22)17(12)29/h3-9,29H,2,10H2,1H3,(H,24,28)/b23-9-. The molecule has 30 heavy (non-hydrogen) atoms. The highest BCUT2D eigenvalue weighted by molar-refractivity contribution is 14.1. The summed E-state index contributed by atoms with van der Waals surface area (Å²) in [5.74, 6) is 0.703. The third-order valence-corrected chi connectivity index (χ3v) is 6.58. The minimum atomic E-state index is -0.283. The number of nitrogens with zero attached hydrogens (tertiary/aromatic N) is 4. The topological polar surface area (TPSA) is 92.4 Å². The molecule has 2 aromatic carbocycles. The molecule has 1 aromatic heterocycles. The molecule has 2 N–H and O–H groups in total. The van der Waals surface area contributed by atoms with E-state index >= 15 is 0 Å². The Kier molecular flexibility index (Phi) is 8.36. The molecule has 156 valence electrons. The van der Waals surface area contributed by atoms with Gasteiger partial charge in [-0.15, -0.1) is 10.2 Å². The van der Waals surface area contributed by atoms with Gasteiger partial charge in [-0.3, -0.25) is 4.79 Å². The van der Waals surface area contributed by atoms with Gasteiger partial charge in [0.05, 0.1) is 15.5 Å². The summed E-state index contributed by atoms with van der Waals surface area (Å²) >= 11 is 11.4. The Bertz CT molecular complexity index is 1090. The Morgan fingerprint density at radius 1 is 1.30 bits per heavy atom. The minimum Gasteiger partial charge on any atom is -0.506 e. The van der Waals surface area contributed by atoms with Gasteiger partial charge in [0.25, 0.3) is 5.91 Å². The van der Waals surface area contributed by atoms with Gasteiger partial charge in [-0.05, 0) is 88.5 Å². The maximum absolute atomic E-state index is 12.2. The molecule has 0 aliphatic carbocycles. The highest BCUT2D eigenvalue weighted by Crippen LogP contribution is 2.26. The van der Waals surface area contributed by atoms with Crippen LogP contribution in [0.1, 0.15) is 12.5 Å². The van der Waals surface area contributed by atoms with Crippen molar-refractivity contribution in [2.75, 3.05) is 5.75 Å². The van der Waals surface area contributed by atoms with Gasteiger partial charge in [0.15, 0.2) is 11.0 Å². The molecule has 0 radical (unpaired) electrons. The van der Waals surface area contributed by atoms with Gasteiger partial charge in [-0.1, -0.05) is 23.4 Å². The molecule has 11 heteroatoms. The van der Waals surface area contributed by atoms with Crippen LogP contribution in [-0.2, 0) is 11.3 Å². The van der Waals surface area contributed by atoms with Crippen LogP contribution in [0.5, 0.6) is 5.75 Å². The van der Waals surface area contributed by atoms with Crippen LogP contribution in [0.15, 0.2) is 46.7 Å². The van der Waals surface area contributed by atoms with Crippen LogP contribution < -0.4 is 5.43 Å². The van der Waals surface area contributed by atoms with Crippen molar-refractivity contribution in [2.45, 2.75) is 18.6 Å². The number of carbonyl (C=O) groups excluding carboxylic acids is 1. The number of halogens is 3. The van der Waals surface area contributed by atoms with Crippen LogP contribution in [0.2, 0.25) is 5.02 Å². The number of thioether (sulfide) groups is 1. The monoisotopic (exact) mass is 667 g/mol. The Morgan fingerprint density at radius 2 is 2.03 bits per heavy atom. The quantitative estimate of drug-likeness (QED) is 0.164. The average molecular weight is 668 g/mol. The molecule has 1 amide bonds. The molecule has 3 rings (SSSR count). The van der Waals surface area contributed by atoms with E-state index in [1.807, 2.05) is 52.3 Å². The summed E-state index contributed by atoms with van der Waals surface area (Å²) in [5.41, 5.74) is 3.91. The molecular formula is C19H16ClI2N5O2S. The second kappa shape index (κ2) is 10.8. The Morgan fingerprint density at radius 3 is 2.73 bits per heavy atom. The fraction of sp³-hybridized carbons (Fsp3) is 0.158. The third-order valence-electron chi connectivity index (χ3n) is 3.92. The summed E-state index contributed by atoms with van der Waals surface area (Å²) < 4.78 is 3.63. The fourth-order valence-electron chi connectivity index (χ4n) is 2.51. The minimum absolute atomic E-state index is 0.131. The van der Waals surface area contributed by atoms with Crippen molar-refractivity contribution in [1.82, 2.24) is 20.2 Å². The average Bonchev–Trinajstić information content (AvgIpc) is 3.13. The molecule has 0 saturated carbocycles. The second-order valence-electron chi connectivity index (χ2n) is 5.96. The van der Waals surface area contributed by atoms with Crippen LogP contribution in [0.4, 0.5) is 0 Å². The van der Waals surface area contributed by atoms with E-state index in [-0.39, 0.29) is 17.4 Å². The van der Waals surface area contributed by atoms with Crippen molar-refractivity contribution in [3.8, 4) is 17.1 Å². The van der Waals surface area contributed by atoms with Crippen LogP contribution >= 0.6 is 68.5 Å². The number of hydrazone groups is 1. The second-order valence-corrected chi connectivity index (χ2v) is 9.75. The van der Waals surface area contributed by atoms with Gasteiger partial charge in [0, 0.05) is 26.3 Å². The first-order valence-electron chi connectivity index (χ1n) is 8.71. The first-order chi connectivity index (χ1) is 14.4. The summed E-state index contributed by atoms with van der Waals surface area (Å²) in [6, 6.07) is 11.0. The molecule has 0 bridgehead atoms. The van der Waals surface area contributed by atoms with E-state index in [1.54, 1.807) is 18.2 Å². The molecule has 0 spiro atoms. The van der Waals surface area contributed by atoms with Crippen molar-refractivity contribution < 1.29 is 9.90 Å². The fourth-order valence-corrected chi connectivity index (χ4v) is 5.32. The Balaban J connectivity index is 1.62. The summed E-state index contributed by atoms with van der Waals surface area (Å²) in [4.78, 5) is 12.2. The smallest absolute Gasteiger partial charge is 0.250 e. The summed E-state index contributed by atoms with van der Waals surface area (Å²) in [7, 11) is 0. The summed E-state index contributed by atoms with van der Waals surface area (Å²) in [6.07, 6.45) is 1.43. The zero-order valence-electron chi connectivity index (χ0n) is 15.6. The largest absolute Gasteiger partial charge is 0.506 e. The maximum atomic E-state index is 12.2. The lowest BCUT2D eigenvalue weighted by atomic mass is 10.2. The van der Waals surface area contributed by atoms with E-state index in [0.717, 1.165) is 18.5 Å². The zero-order chi connectivity index (χ0) is 21.7. The molecule has 0 aliphatic heterocycles. The van der Waals surface area contributed by atoms with Crippen molar-refractivity contribution >= 4 is 80.7 Å². The molecule has 0 saturated heterocycles. The summed E-state index contributed by atoms with van der Waals surface area (Å²) in [5, 5.41) is 23.8. The zero-order valence-corrected chi connectivity index (χ0v) is 21.5. The maximum Gasteiger partial charge on any atom is 0.250 e. The molecular weight excluding hydrogens is 652 g/mol. The lowest BCUT2D eigenvalue weighted by molar-refractivity contribution is -0.118. The van der Waals surface area contributed by atoms with Crippen LogP contribution in [0.25, 0.3) is 11.4 Å². The molecule has 0 aliphatic rings. The lowest BCUT2D eigenvalue weighted by Crippen LogP contribution is -2.20. The SMILES string of the molecule is CCn1c(SCC(=O)N/N=C\c2cc(I)cc(I)c2O)nnc1-c1ccc(Cl)cc1. The molecule has 0 unspecified atom stereocenters. The highest BCUT2D eigenvalue weighted by Gasteiger charge is 2.14. The summed E-state index contributed by atoms with van der Waals surface area (Å²) in [6.45, 7) is 2.66. The number of hydrogen-bond donors (Lipinski definition) is 2. The van der Waals surface area contributed by atoms with Gasteiger partial charge in [0.2, 0.25) is 0 Å². The predicted molar refractivity (Wildman–Crippen MR) is 136 cm³/mol. The normalized spacial score (nSPS) is 11.2. The number of aromatic hydroxyl groups is 1. The van der Waals surface area contributed by atoms with E-state index in [2.05, 4.69) is 43.3 Å². The first kappa shape index (κ1) is 23.3.